The highest BCUT2D eigenvalue weighted by Crippen LogP contribution is 2.28. The molecule has 0 amide bonds. The van der Waals surface area contributed by atoms with Crippen LogP contribution >= 0.6 is 11.6 Å². The van der Waals surface area contributed by atoms with Crippen LogP contribution in [0, 0.1) is 0 Å². The number of nitrogens with zero attached hydrogens (tertiary/aromatic N) is 2. The summed E-state index contributed by atoms with van der Waals surface area (Å²) in [5, 5.41) is 0. The lowest BCUT2D eigenvalue weighted by Crippen LogP contribution is -2.47. The molecule has 1 aromatic rings. The fourth-order valence-electron chi connectivity index (χ4n) is 2.40. The van der Waals surface area contributed by atoms with Crippen LogP contribution in [0.3, 0.4) is 0 Å². The highest BCUT2D eigenvalue weighted by Gasteiger charge is 2.19. The second-order valence-corrected chi connectivity index (χ2v) is 5.09. The minimum Gasteiger partial charge on any atom is -0.495 e. The zero-order chi connectivity index (χ0) is 13.7. The molecule has 0 radical (unpaired) electrons. The lowest BCUT2D eigenvalue weighted by molar-refractivity contribution is 0.277. The van der Waals surface area contributed by atoms with Gasteiger partial charge in [0.05, 0.1) is 12.8 Å². The van der Waals surface area contributed by atoms with Crippen LogP contribution in [0.2, 0.25) is 0 Å². The Bertz CT molecular complexity index is 428. The molecule has 0 saturated carbocycles. The van der Waals surface area contributed by atoms with Crippen molar-refractivity contribution in [2.45, 2.75) is 0 Å². The summed E-state index contributed by atoms with van der Waals surface area (Å²) in [6.07, 6.45) is 0. The topological polar surface area (TPSA) is 15.7 Å². The van der Waals surface area contributed by atoms with E-state index in [1.807, 2.05) is 12.1 Å². The van der Waals surface area contributed by atoms with Crippen LogP contribution in [0.25, 0.3) is 0 Å². The summed E-state index contributed by atoms with van der Waals surface area (Å²) in [5.41, 5.74) is 2.27. The molecule has 1 aliphatic heterocycles. The Kier molecular flexibility index (Phi) is 5.11. The molecular formula is C15H21ClN2O. The number of benzene rings is 1. The van der Waals surface area contributed by atoms with Gasteiger partial charge in [-0.25, -0.2) is 0 Å². The molecule has 1 saturated heterocycles. The molecule has 19 heavy (non-hydrogen) atoms. The van der Waals surface area contributed by atoms with Crippen molar-refractivity contribution in [2.75, 3.05) is 50.6 Å². The third-order valence-corrected chi connectivity index (χ3v) is 3.81. The Balaban J connectivity index is 1.94. The molecule has 0 N–H and O–H groups in total. The summed E-state index contributed by atoms with van der Waals surface area (Å²) in [6.45, 7) is 8.96. The van der Waals surface area contributed by atoms with Crippen molar-refractivity contribution < 1.29 is 4.74 Å². The maximum absolute atomic E-state index is 5.78. The Hall–Kier alpha value is -1.19. The first-order valence-electron chi connectivity index (χ1n) is 6.57. The third-order valence-electron chi connectivity index (χ3n) is 3.43. The second-order valence-electron chi connectivity index (χ2n) is 4.82. The van der Waals surface area contributed by atoms with E-state index in [1.54, 1.807) is 7.11 Å². The molecular weight excluding hydrogens is 260 g/mol. The van der Waals surface area contributed by atoms with Crippen molar-refractivity contribution in [3.05, 3.63) is 36.4 Å². The van der Waals surface area contributed by atoms with Crippen molar-refractivity contribution >= 4 is 17.3 Å². The Morgan fingerprint density at radius 1 is 1.26 bits per heavy atom. The van der Waals surface area contributed by atoms with Gasteiger partial charge in [-0.1, -0.05) is 18.7 Å². The van der Waals surface area contributed by atoms with Crippen LogP contribution in [0.4, 0.5) is 5.69 Å². The average molecular weight is 281 g/mol. The number of anilines is 1. The van der Waals surface area contributed by atoms with Gasteiger partial charge < -0.3 is 9.64 Å². The highest BCUT2D eigenvalue weighted by atomic mass is 35.5. The minimum atomic E-state index is 0.548. The molecule has 2 rings (SSSR count). The SMILES string of the molecule is C=C(CCl)CN1CCN(c2ccccc2OC)CC1. The van der Waals surface area contributed by atoms with Gasteiger partial charge in [-0.15, -0.1) is 11.6 Å². The van der Waals surface area contributed by atoms with Gasteiger partial charge in [0.15, 0.2) is 0 Å². The maximum Gasteiger partial charge on any atom is 0.142 e. The fraction of sp³-hybridized carbons (Fsp3) is 0.467. The van der Waals surface area contributed by atoms with E-state index < -0.39 is 0 Å². The molecule has 4 heteroatoms. The van der Waals surface area contributed by atoms with E-state index in [0.717, 1.165) is 44.0 Å². The van der Waals surface area contributed by atoms with E-state index in [9.17, 15) is 0 Å². The molecule has 0 atom stereocenters. The maximum atomic E-state index is 5.78. The molecule has 0 aromatic heterocycles. The largest absolute Gasteiger partial charge is 0.495 e. The molecule has 1 heterocycles. The zero-order valence-corrected chi connectivity index (χ0v) is 12.2. The first-order chi connectivity index (χ1) is 9.24. The number of methoxy groups -OCH3 is 1. The monoisotopic (exact) mass is 280 g/mol. The fourth-order valence-corrected chi connectivity index (χ4v) is 2.48. The van der Waals surface area contributed by atoms with E-state index in [-0.39, 0.29) is 0 Å². The molecule has 1 aliphatic rings. The molecule has 3 nitrogen and oxygen atoms in total. The molecule has 0 spiro atoms. The van der Waals surface area contributed by atoms with E-state index in [0.29, 0.717) is 5.88 Å². The Labute approximate surface area is 120 Å². The van der Waals surface area contributed by atoms with E-state index in [1.165, 1.54) is 5.69 Å². The number of rotatable bonds is 5. The molecule has 1 aromatic carbocycles. The van der Waals surface area contributed by atoms with Gasteiger partial charge in [0.25, 0.3) is 0 Å². The quantitative estimate of drug-likeness (QED) is 0.609. The number of hydrogen-bond donors (Lipinski definition) is 0. The first-order valence-corrected chi connectivity index (χ1v) is 7.11. The van der Waals surface area contributed by atoms with E-state index in [4.69, 9.17) is 16.3 Å². The molecule has 1 fully saturated rings. The van der Waals surface area contributed by atoms with Crippen LogP contribution in [0.5, 0.6) is 5.75 Å². The van der Waals surface area contributed by atoms with Crippen molar-refractivity contribution in [1.82, 2.24) is 4.90 Å². The van der Waals surface area contributed by atoms with Gasteiger partial charge in [0.1, 0.15) is 5.75 Å². The predicted molar refractivity (Wildman–Crippen MR) is 81.5 cm³/mol. The molecule has 0 unspecified atom stereocenters. The predicted octanol–water partition coefficient (Wildman–Crippen LogP) is 2.61. The minimum absolute atomic E-state index is 0.548. The number of ether oxygens (including phenoxy) is 1. The van der Waals surface area contributed by atoms with Crippen LogP contribution in [0.1, 0.15) is 0 Å². The normalized spacial score (nSPS) is 16.4. The third kappa shape index (κ3) is 3.64. The number of para-hydroxylation sites is 2. The number of hydrogen-bond acceptors (Lipinski definition) is 3. The summed E-state index contributed by atoms with van der Waals surface area (Å²) in [4.78, 5) is 4.77. The van der Waals surface area contributed by atoms with Gasteiger partial charge in [-0.2, -0.15) is 0 Å². The molecule has 104 valence electrons. The number of alkyl halides is 1. The summed E-state index contributed by atoms with van der Waals surface area (Å²) in [5.74, 6) is 1.49. The van der Waals surface area contributed by atoms with Crippen molar-refractivity contribution in [3.63, 3.8) is 0 Å². The zero-order valence-electron chi connectivity index (χ0n) is 11.4. The van der Waals surface area contributed by atoms with E-state index >= 15 is 0 Å². The van der Waals surface area contributed by atoms with Gasteiger partial charge in [0, 0.05) is 38.6 Å². The first kappa shape index (κ1) is 14.2. The summed E-state index contributed by atoms with van der Waals surface area (Å²) in [6, 6.07) is 8.19. The lowest BCUT2D eigenvalue weighted by atomic mass is 10.2. The number of piperazine rings is 1. The smallest absolute Gasteiger partial charge is 0.142 e. The molecule has 0 aliphatic carbocycles. The standard InChI is InChI=1S/C15H21ClN2O/c1-13(11-16)12-17-7-9-18(10-8-17)14-5-3-4-6-15(14)19-2/h3-6H,1,7-12H2,2H3. The highest BCUT2D eigenvalue weighted by molar-refractivity contribution is 6.19. The van der Waals surface area contributed by atoms with Gasteiger partial charge in [-0.3, -0.25) is 4.90 Å². The average Bonchev–Trinajstić information content (AvgIpc) is 2.48. The Morgan fingerprint density at radius 2 is 1.95 bits per heavy atom. The number of halogens is 1. The summed E-state index contributed by atoms with van der Waals surface area (Å²) < 4.78 is 5.42. The van der Waals surface area contributed by atoms with Gasteiger partial charge >= 0.3 is 0 Å². The van der Waals surface area contributed by atoms with Crippen LogP contribution in [-0.4, -0.2) is 50.6 Å². The lowest BCUT2D eigenvalue weighted by Gasteiger charge is -2.36. The summed E-state index contributed by atoms with van der Waals surface area (Å²) >= 11 is 5.78. The van der Waals surface area contributed by atoms with Crippen molar-refractivity contribution in [3.8, 4) is 5.75 Å². The van der Waals surface area contributed by atoms with Gasteiger partial charge in [0.2, 0.25) is 0 Å². The van der Waals surface area contributed by atoms with Crippen LogP contribution in [-0.2, 0) is 0 Å². The summed E-state index contributed by atoms with van der Waals surface area (Å²) in [7, 11) is 1.72. The van der Waals surface area contributed by atoms with Crippen LogP contribution in [0.15, 0.2) is 36.4 Å². The van der Waals surface area contributed by atoms with Crippen molar-refractivity contribution in [1.29, 1.82) is 0 Å². The van der Waals surface area contributed by atoms with E-state index in [2.05, 4.69) is 28.5 Å². The second kappa shape index (κ2) is 6.83. The van der Waals surface area contributed by atoms with Crippen molar-refractivity contribution in [2.24, 2.45) is 0 Å². The Morgan fingerprint density at radius 3 is 2.58 bits per heavy atom. The van der Waals surface area contributed by atoms with Crippen LogP contribution < -0.4 is 9.64 Å². The molecule has 0 bridgehead atoms. The van der Waals surface area contributed by atoms with Gasteiger partial charge in [-0.05, 0) is 17.7 Å².